The first-order valence-corrected chi connectivity index (χ1v) is 4.86. The van der Waals surface area contributed by atoms with E-state index in [-0.39, 0.29) is 6.54 Å². The molecule has 1 aromatic carbocycles. The van der Waals surface area contributed by atoms with Gasteiger partial charge in [0.25, 0.3) is 5.91 Å². The summed E-state index contributed by atoms with van der Waals surface area (Å²) in [6.07, 6.45) is 1.35. The average molecular weight is 233 g/mol. The normalized spacial score (nSPS) is 10.1. The number of carboxylic acid groups (broad SMARTS) is 1. The van der Waals surface area contributed by atoms with E-state index in [1.807, 2.05) is 18.2 Å². The minimum absolute atomic E-state index is 0.228. The van der Waals surface area contributed by atoms with Gasteiger partial charge in [0.05, 0.1) is 0 Å². The van der Waals surface area contributed by atoms with Crippen LogP contribution in [0.5, 0.6) is 0 Å². The Morgan fingerprint density at radius 1 is 1.12 bits per heavy atom. The average Bonchev–Trinajstić information content (AvgIpc) is 2.34. The molecule has 5 nitrogen and oxygen atoms in total. The second-order valence-corrected chi connectivity index (χ2v) is 3.20. The fourth-order valence-electron chi connectivity index (χ4n) is 1.09. The molecule has 0 unspecified atom stereocenters. The van der Waals surface area contributed by atoms with Crippen LogP contribution >= 0.6 is 0 Å². The van der Waals surface area contributed by atoms with Crippen LogP contribution in [0.25, 0.3) is 0 Å². The van der Waals surface area contributed by atoms with Crippen molar-refractivity contribution in [1.82, 2.24) is 5.32 Å². The van der Waals surface area contributed by atoms with Crippen LogP contribution in [-0.2, 0) is 20.9 Å². The van der Waals surface area contributed by atoms with Gasteiger partial charge in [0.1, 0.15) is 0 Å². The Morgan fingerprint density at radius 2 is 1.76 bits per heavy atom. The highest BCUT2D eigenvalue weighted by Crippen LogP contribution is 1.97. The lowest BCUT2D eigenvalue weighted by molar-refractivity contribution is -0.135. The molecule has 88 valence electrons. The summed E-state index contributed by atoms with van der Waals surface area (Å²) in [5.74, 6) is -2.98. The smallest absolute Gasteiger partial charge is 0.328 e. The molecule has 0 fully saturated rings. The van der Waals surface area contributed by atoms with Crippen molar-refractivity contribution >= 4 is 17.7 Å². The Labute approximate surface area is 97.8 Å². The number of carbonyl (C=O) groups excluding carboxylic acids is 2. The van der Waals surface area contributed by atoms with Gasteiger partial charge in [-0.1, -0.05) is 30.3 Å². The van der Waals surface area contributed by atoms with Crippen LogP contribution in [-0.4, -0.2) is 22.8 Å². The van der Waals surface area contributed by atoms with Crippen molar-refractivity contribution in [2.24, 2.45) is 0 Å². The van der Waals surface area contributed by atoms with Crippen LogP contribution < -0.4 is 5.32 Å². The highest BCUT2D eigenvalue weighted by molar-refractivity contribution is 6.41. The zero-order chi connectivity index (χ0) is 12.7. The number of benzene rings is 1. The second kappa shape index (κ2) is 6.22. The number of hydrogen-bond acceptors (Lipinski definition) is 3. The number of hydrogen-bond donors (Lipinski definition) is 2. The Bertz CT molecular complexity index is 451. The standard InChI is InChI=1S/C12H11NO4/c14-10(6-7-11(15)16)12(17)13-8-9-4-2-1-3-5-9/h1-7H,8H2,(H,13,17)(H,15,16)/b7-6+. The summed E-state index contributed by atoms with van der Waals surface area (Å²) in [5, 5.41) is 10.7. The number of aliphatic carboxylic acids is 1. The fourth-order valence-corrected chi connectivity index (χ4v) is 1.09. The van der Waals surface area contributed by atoms with Gasteiger partial charge in [0.15, 0.2) is 0 Å². The summed E-state index contributed by atoms with van der Waals surface area (Å²) in [7, 11) is 0. The summed E-state index contributed by atoms with van der Waals surface area (Å²) >= 11 is 0. The van der Waals surface area contributed by atoms with E-state index >= 15 is 0 Å². The number of amides is 1. The first-order chi connectivity index (χ1) is 8.09. The van der Waals surface area contributed by atoms with E-state index in [9.17, 15) is 14.4 Å². The maximum absolute atomic E-state index is 11.2. The molecule has 0 aromatic heterocycles. The molecule has 0 radical (unpaired) electrons. The third kappa shape index (κ3) is 4.74. The van der Waals surface area contributed by atoms with Crippen LogP contribution in [0.15, 0.2) is 42.5 Å². The van der Waals surface area contributed by atoms with Crippen molar-refractivity contribution in [2.45, 2.75) is 6.54 Å². The van der Waals surface area contributed by atoms with Crippen LogP contribution in [0.2, 0.25) is 0 Å². The van der Waals surface area contributed by atoms with Gasteiger partial charge in [-0.2, -0.15) is 0 Å². The molecule has 0 heterocycles. The monoisotopic (exact) mass is 233 g/mol. The molecule has 0 saturated heterocycles. The van der Waals surface area contributed by atoms with Crippen LogP contribution in [0.4, 0.5) is 0 Å². The van der Waals surface area contributed by atoms with Gasteiger partial charge in [-0.15, -0.1) is 0 Å². The molecule has 0 spiro atoms. The van der Waals surface area contributed by atoms with Crippen LogP contribution in [0.3, 0.4) is 0 Å². The molecule has 0 aliphatic rings. The molecule has 0 saturated carbocycles. The topological polar surface area (TPSA) is 83.5 Å². The zero-order valence-electron chi connectivity index (χ0n) is 8.92. The quantitative estimate of drug-likeness (QED) is 0.573. The van der Waals surface area contributed by atoms with E-state index in [0.29, 0.717) is 6.08 Å². The Kier molecular flexibility index (Phi) is 4.62. The van der Waals surface area contributed by atoms with Gasteiger partial charge in [0.2, 0.25) is 5.78 Å². The molecule has 0 aliphatic carbocycles. The molecule has 5 heteroatoms. The molecule has 1 aromatic rings. The molecule has 0 bridgehead atoms. The third-order valence-electron chi connectivity index (χ3n) is 1.90. The predicted molar refractivity (Wildman–Crippen MR) is 60.1 cm³/mol. The van der Waals surface area contributed by atoms with Gasteiger partial charge in [-0.3, -0.25) is 9.59 Å². The SMILES string of the molecule is O=C(O)/C=C/C(=O)C(=O)NCc1ccccc1. The van der Waals surface area contributed by atoms with Crippen molar-refractivity contribution in [3.05, 3.63) is 48.0 Å². The largest absolute Gasteiger partial charge is 0.478 e. The summed E-state index contributed by atoms with van der Waals surface area (Å²) in [6, 6.07) is 9.07. The minimum Gasteiger partial charge on any atom is -0.478 e. The fraction of sp³-hybridized carbons (Fsp3) is 0.0833. The van der Waals surface area contributed by atoms with Gasteiger partial charge in [-0.25, -0.2) is 4.79 Å². The van der Waals surface area contributed by atoms with Gasteiger partial charge in [-0.05, 0) is 11.6 Å². The van der Waals surface area contributed by atoms with Gasteiger partial charge < -0.3 is 10.4 Å². The van der Waals surface area contributed by atoms with E-state index in [1.54, 1.807) is 12.1 Å². The highest BCUT2D eigenvalue weighted by atomic mass is 16.4. The number of ketones is 1. The van der Waals surface area contributed by atoms with Crippen molar-refractivity contribution in [3.63, 3.8) is 0 Å². The highest BCUT2D eigenvalue weighted by Gasteiger charge is 2.09. The summed E-state index contributed by atoms with van der Waals surface area (Å²) < 4.78 is 0. The molecule has 0 aliphatic heterocycles. The number of rotatable bonds is 5. The van der Waals surface area contributed by atoms with E-state index in [2.05, 4.69) is 5.32 Å². The van der Waals surface area contributed by atoms with E-state index in [0.717, 1.165) is 11.6 Å². The molecule has 17 heavy (non-hydrogen) atoms. The van der Waals surface area contributed by atoms with Gasteiger partial charge >= 0.3 is 5.97 Å². The molecular formula is C12H11NO4. The lowest BCUT2D eigenvalue weighted by Gasteiger charge is -2.02. The Hall–Kier alpha value is -2.43. The van der Waals surface area contributed by atoms with Gasteiger partial charge in [0, 0.05) is 12.6 Å². The molecule has 0 atom stereocenters. The van der Waals surface area contributed by atoms with E-state index < -0.39 is 17.7 Å². The maximum atomic E-state index is 11.2. The lowest BCUT2D eigenvalue weighted by Crippen LogP contribution is -2.29. The lowest BCUT2D eigenvalue weighted by atomic mass is 10.2. The van der Waals surface area contributed by atoms with E-state index in [4.69, 9.17) is 5.11 Å². The van der Waals surface area contributed by atoms with Crippen LogP contribution in [0.1, 0.15) is 5.56 Å². The Balaban J connectivity index is 2.45. The first kappa shape index (κ1) is 12.6. The van der Waals surface area contributed by atoms with Crippen molar-refractivity contribution in [2.75, 3.05) is 0 Å². The molecule has 1 amide bonds. The van der Waals surface area contributed by atoms with Crippen LogP contribution in [0, 0.1) is 0 Å². The molecule has 2 N–H and O–H groups in total. The molecular weight excluding hydrogens is 222 g/mol. The summed E-state index contributed by atoms with van der Waals surface area (Å²) in [4.78, 5) is 32.5. The van der Waals surface area contributed by atoms with E-state index in [1.165, 1.54) is 0 Å². The van der Waals surface area contributed by atoms with Crippen molar-refractivity contribution < 1.29 is 19.5 Å². The summed E-state index contributed by atoms with van der Waals surface area (Å²) in [6.45, 7) is 0.228. The summed E-state index contributed by atoms with van der Waals surface area (Å²) in [5.41, 5.74) is 0.857. The molecule has 1 rings (SSSR count). The van der Waals surface area contributed by atoms with Crippen molar-refractivity contribution in [3.8, 4) is 0 Å². The van der Waals surface area contributed by atoms with Crippen molar-refractivity contribution in [1.29, 1.82) is 0 Å². The first-order valence-electron chi connectivity index (χ1n) is 4.86. The Morgan fingerprint density at radius 3 is 2.35 bits per heavy atom. The minimum atomic E-state index is -1.27. The number of carbonyl (C=O) groups is 3. The number of carboxylic acids is 1. The number of nitrogens with one attached hydrogen (secondary N) is 1. The second-order valence-electron chi connectivity index (χ2n) is 3.20. The maximum Gasteiger partial charge on any atom is 0.328 e. The predicted octanol–water partition coefficient (Wildman–Crippen LogP) is 0.513. The third-order valence-corrected chi connectivity index (χ3v) is 1.90. The zero-order valence-corrected chi connectivity index (χ0v) is 8.92.